The molecular weight excluding hydrogens is 186 g/mol. The van der Waals surface area contributed by atoms with Crippen molar-refractivity contribution in [1.29, 1.82) is 0 Å². The second kappa shape index (κ2) is 4.67. The molecule has 1 aliphatic carbocycles. The summed E-state index contributed by atoms with van der Waals surface area (Å²) >= 11 is 0. The molecule has 1 N–H and O–H groups in total. The lowest BCUT2D eigenvalue weighted by Crippen LogP contribution is -2.24. The summed E-state index contributed by atoms with van der Waals surface area (Å²) in [6, 6.07) is 7.00. The largest absolute Gasteiger partial charge is 0.497 e. The van der Waals surface area contributed by atoms with Gasteiger partial charge in [-0.2, -0.15) is 0 Å². The number of hydrogen-bond donors (Lipinski definition) is 1. The first-order chi connectivity index (χ1) is 7.35. The van der Waals surface area contributed by atoms with Crippen LogP contribution in [0, 0.1) is 0 Å². The molecule has 2 heteroatoms. The Morgan fingerprint density at radius 1 is 1.47 bits per heavy atom. The smallest absolute Gasteiger partial charge is 0.119 e. The van der Waals surface area contributed by atoms with Gasteiger partial charge in [-0.1, -0.05) is 13.0 Å². The number of ether oxygens (including phenoxy) is 1. The van der Waals surface area contributed by atoms with Gasteiger partial charge in [0.25, 0.3) is 0 Å². The topological polar surface area (TPSA) is 21.3 Å². The maximum Gasteiger partial charge on any atom is 0.119 e. The first-order valence-corrected chi connectivity index (χ1v) is 5.75. The Morgan fingerprint density at radius 3 is 3.07 bits per heavy atom. The molecule has 0 heterocycles. The van der Waals surface area contributed by atoms with Crippen LogP contribution in [0.1, 0.15) is 36.9 Å². The maximum atomic E-state index is 5.26. The molecule has 0 aliphatic heterocycles. The molecule has 2 rings (SSSR count). The van der Waals surface area contributed by atoms with Crippen LogP contribution in [0.5, 0.6) is 5.75 Å². The van der Waals surface area contributed by atoms with Crippen molar-refractivity contribution in [2.24, 2.45) is 0 Å². The van der Waals surface area contributed by atoms with E-state index < -0.39 is 0 Å². The van der Waals surface area contributed by atoms with E-state index in [1.54, 1.807) is 7.11 Å². The predicted octanol–water partition coefficient (Wildman–Crippen LogP) is 2.68. The van der Waals surface area contributed by atoms with Gasteiger partial charge in [-0.15, -0.1) is 0 Å². The van der Waals surface area contributed by atoms with Crippen LogP contribution in [0.15, 0.2) is 18.2 Å². The maximum absolute atomic E-state index is 5.26. The van der Waals surface area contributed by atoms with E-state index in [1.165, 1.54) is 30.4 Å². The number of methoxy groups -OCH3 is 1. The first kappa shape index (κ1) is 10.5. The number of nitrogens with one attached hydrogen (secondary N) is 1. The van der Waals surface area contributed by atoms with Crippen molar-refractivity contribution in [3.63, 3.8) is 0 Å². The van der Waals surface area contributed by atoms with Crippen molar-refractivity contribution in [1.82, 2.24) is 5.32 Å². The average Bonchev–Trinajstić information content (AvgIpc) is 2.29. The molecule has 0 spiro atoms. The Kier molecular flexibility index (Phi) is 3.27. The minimum Gasteiger partial charge on any atom is -0.497 e. The predicted molar refractivity (Wildman–Crippen MR) is 62.3 cm³/mol. The standard InChI is InChI=1S/C13H19NO/c1-3-14-13-6-4-5-10-9-11(15-2)7-8-12(10)13/h7-9,13-14H,3-6H2,1-2H3/t13-/m1/s1. The molecule has 0 saturated carbocycles. The molecule has 1 aromatic carbocycles. The summed E-state index contributed by atoms with van der Waals surface area (Å²) in [5.41, 5.74) is 2.91. The number of benzene rings is 1. The van der Waals surface area contributed by atoms with Crippen LogP contribution in [-0.4, -0.2) is 13.7 Å². The fourth-order valence-electron chi connectivity index (χ4n) is 2.38. The van der Waals surface area contributed by atoms with Crippen molar-refractivity contribution in [3.05, 3.63) is 29.3 Å². The minimum absolute atomic E-state index is 0.546. The molecule has 82 valence electrons. The zero-order valence-electron chi connectivity index (χ0n) is 9.55. The van der Waals surface area contributed by atoms with E-state index in [4.69, 9.17) is 4.74 Å². The normalized spacial score (nSPS) is 19.7. The number of hydrogen-bond acceptors (Lipinski definition) is 2. The summed E-state index contributed by atoms with van der Waals surface area (Å²) in [5.74, 6) is 0.978. The third-order valence-corrected chi connectivity index (χ3v) is 3.11. The van der Waals surface area contributed by atoms with E-state index >= 15 is 0 Å². The average molecular weight is 205 g/mol. The van der Waals surface area contributed by atoms with E-state index in [2.05, 4.69) is 30.4 Å². The van der Waals surface area contributed by atoms with E-state index in [0.29, 0.717) is 6.04 Å². The van der Waals surface area contributed by atoms with Crippen molar-refractivity contribution in [2.45, 2.75) is 32.2 Å². The fourth-order valence-corrected chi connectivity index (χ4v) is 2.38. The van der Waals surface area contributed by atoms with Gasteiger partial charge in [0.1, 0.15) is 5.75 Å². The van der Waals surface area contributed by atoms with E-state index in [0.717, 1.165) is 12.3 Å². The molecule has 15 heavy (non-hydrogen) atoms. The van der Waals surface area contributed by atoms with Crippen molar-refractivity contribution < 1.29 is 4.74 Å². The third kappa shape index (κ3) is 2.15. The summed E-state index contributed by atoms with van der Waals surface area (Å²) in [6.07, 6.45) is 3.72. The van der Waals surface area contributed by atoms with Gasteiger partial charge < -0.3 is 10.1 Å². The molecule has 0 amide bonds. The second-order valence-electron chi connectivity index (χ2n) is 4.07. The summed E-state index contributed by atoms with van der Waals surface area (Å²) < 4.78 is 5.26. The van der Waals surface area contributed by atoms with Crippen LogP contribution >= 0.6 is 0 Å². The van der Waals surface area contributed by atoms with E-state index in [9.17, 15) is 0 Å². The molecule has 0 bridgehead atoms. The quantitative estimate of drug-likeness (QED) is 0.819. The molecule has 0 radical (unpaired) electrons. The van der Waals surface area contributed by atoms with E-state index in [1.807, 2.05) is 0 Å². The van der Waals surface area contributed by atoms with Gasteiger partial charge in [0.2, 0.25) is 0 Å². The zero-order chi connectivity index (χ0) is 10.7. The second-order valence-corrected chi connectivity index (χ2v) is 4.07. The van der Waals surface area contributed by atoms with Gasteiger partial charge in [-0.25, -0.2) is 0 Å². The molecule has 2 nitrogen and oxygen atoms in total. The zero-order valence-corrected chi connectivity index (χ0v) is 9.55. The Hall–Kier alpha value is -1.02. The Labute approximate surface area is 91.6 Å². The van der Waals surface area contributed by atoms with Crippen LogP contribution < -0.4 is 10.1 Å². The van der Waals surface area contributed by atoms with E-state index in [-0.39, 0.29) is 0 Å². The molecule has 0 aromatic heterocycles. The van der Waals surface area contributed by atoms with Crippen LogP contribution in [-0.2, 0) is 6.42 Å². The summed E-state index contributed by atoms with van der Waals surface area (Å²) in [4.78, 5) is 0. The highest BCUT2D eigenvalue weighted by molar-refractivity contribution is 5.39. The monoisotopic (exact) mass is 205 g/mol. The first-order valence-electron chi connectivity index (χ1n) is 5.75. The molecule has 1 aliphatic rings. The fraction of sp³-hybridized carbons (Fsp3) is 0.538. The summed E-state index contributed by atoms with van der Waals surface area (Å²) in [6.45, 7) is 3.20. The van der Waals surface area contributed by atoms with Crippen molar-refractivity contribution >= 4 is 0 Å². The molecule has 0 fully saturated rings. The van der Waals surface area contributed by atoms with Crippen molar-refractivity contribution in [2.75, 3.05) is 13.7 Å². The van der Waals surface area contributed by atoms with Gasteiger partial charge in [0, 0.05) is 6.04 Å². The van der Waals surface area contributed by atoms with Gasteiger partial charge >= 0.3 is 0 Å². The lowest BCUT2D eigenvalue weighted by atomic mass is 9.87. The van der Waals surface area contributed by atoms with Crippen LogP contribution in [0.2, 0.25) is 0 Å². The lowest BCUT2D eigenvalue weighted by Gasteiger charge is -2.26. The summed E-state index contributed by atoms with van der Waals surface area (Å²) in [7, 11) is 1.73. The highest BCUT2D eigenvalue weighted by atomic mass is 16.5. The SMILES string of the molecule is CCN[C@@H]1CCCc2cc(OC)ccc21. The minimum atomic E-state index is 0.546. The summed E-state index contributed by atoms with van der Waals surface area (Å²) in [5, 5.41) is 3.54. The lowest BCUT2D eigenvalue weighted by molar-refractivity contribution is 0.411. The van der Waals surface area contributed by atoms with Gasteiger partial charge in [-0.3, -0.25) is 0 Å². The molecule has 0 unspecified atom stereocenters. The highest BCUT2D eigenvalue weighted by Crippen LogP contribution is 2.31. The number of rotatable bonds is 3. The Morgan fingerprint density at radius 2 is 2.33 bits per heavy atom. The molecule has 1 aromatic rings. The molecule has 0 saturated heterocycles. The Bertz CT molecular complexity index is 335. The number of aryl methyl sites for hydroxylation is 1. The van der Waals surface area contributed by atoms with Gasteiger partial charge in [0.15, 0.2) is 0 Å². The van der Waals surface area contributed by atoms with Crippen LogP contribution in [0.3, 0.4) is 0 Å². The number of fused-ring (bicyclic) bond motifs is 1. The van der Waals surface area contributed by atoms with Crippen LogP contribution in [0.25, 0.3) is 0 Å². The highest BCUT2D eigenvalue weighted by Gasteiger charge is 2.19. The van der Waals surface area contributed by atoms with Crippen LogP contribution in [0.4, 0.5) is 0 Å². The Balaban J connectivity index is 2.28. The molecule has 1 atom stereocenters. The van der Waals surface area contributed by atoms with Gasteiger partial charge in [0.05, 0.1) is 7.11 Å². The van der Waals surface area contributed by atoms with Gasteiger partial charge in [-0.05, 0) is 49.1 Å². The molecular formula is C13H19NO. The third-order valence-electron chi connectivity index (χ3n) is 3.11. The van der Waals surface area contributed by atoms with Crippen molar-refractivity contribution in [3.8, 4) is 5.75 Å².